The Balaban J connectivity index is 2.30. The van der Waals surface area contributed by atoms with Crippen LogP contribution in [0.5, 0.6) is 0 Å². The van der Waals surface area contributed by atoms with Gasteiger partial charge in [0, 0.05) is 37.9 Å². The topological polar surface area (TPSA) is 67.4 Å². The third-order valence-corrected chi connectivity index (χ3v) is 3.75. The molecule has 1 aromatic rings. The van der Waals surface area contributed by atoms with Crippen LogP contribution in [0.2, 0.25) is 0 Å². The molecule has 134 valence electrons. The fraction of sp³-hybridized carbons (Fsp3) is 0.579. The number of hydrogen-bond donors (Lipinski definition) is 2. The molecule has 0 aliphatic rings. The van der Waals surface area contributed by atoms with Crippen LogP contribution >= 0.6 is 0 Å². The first-order chi connectivity index (χ1) is 11.7. The monoisotopic (exact) mass is 334 g/mol. The average Bonchev–Trinajstić information content (AvgIpc) is 2.59. The van der Waals surface area contributed by atoms with Crippen molar-refractivity contribution in [3.05, 3.63) is 29.8 Å². The van der Waals surface area contributed by atoms with E-state index in [0.717, 1.165) is 24.9 Å². The SMILES string of the molecule is CCCCCCCC(=O)Nc1ccc(C(=O)NCCCOC)cc1. The fourth-order valence-electron chi connectivity index (χ4n) is 2.34. The maximum absolute atomic E-state index is 11.9. The smallest absolute Gasteiger partial charge is 0.251 e. The molecular formula is C19H30N2O3. The number of nitrogens with one attached hydrogen (secondary N) is 2. The molecular weight excluding hydrogens is 304 g/mol. The first-order valence-electron chi connectivity index (χ1n) is 8.84. The minimum atomic E-state index is -0.111. The van der Waals surface area contributed by atoms with E-state index in [9.17, 15) is 9.59 Å². The molecule has 24 heavy (non-hydrogen) atoms. The zero-order valence-electron chi connectivity index (χ0n) is 14.9. The molecule has 0 heterocycles. The van der Waals surface area contributed by atoms with E-state index in [1.807, 2.05) is 0 Å². The molecule has 1 rings (SSSR count). The van der Waals surface area contributed by atoms with Crippen LogP contribution in [-0.2, 0) is 9.53 Å². The highest BCUT2D eigenvalue weighted by atomic mass is 16.5. The summed E-state index contributed by atoms with van der Waals surface area (Å²) in [5.41, 5.74) is 1.31. The number of hydrogen-bond acceptors (Lipinski definition) is 3. The maximum atomic E-state index is 11.9. The molecule has 0 unspecified atom stereocenters. The van der Waals surface area contributed by atoms with Crippen molar-refractivity contribution in [2.24, 2.45) is 0 Å². The number of amides is 2. The third kappa shape index (κ3) is 8.67. The van der Waals surface area contributed by atoms with E-state index in [1.165, 1.54) is 19.3 Å². The second kappa shape index (κ2) is 12.5. The molecule has 2 amide bonds. The van der Waals surface area contributed by atoms with Crippen LogP contribution in [0.3, 0.4) is 0 Å². The summed E-state index contributed by atoms with van der Waals surface area (Å²) in [6.07, 6.45) is 6.99. The highest BCUT2D eigenvalue weighted by molar-refractivity contribution is 5.95. The highest BCUT2D eigenvalue weighted by Gasteiger charge is 2.06. The van der Waals surface area contributed by atoms with Crippen molar-refractivity contribution < 1.29 is 14.3 Å². The largest absolute Gasteiger partial charge is 0.385 e. The number of benzene rings is 1. The minimum absolute atomic E-state index is 0.0308. The van der Waals surface area contributed by atoms with Crippen LogP contribution in [0.1, 0.15) is 62.2 Å². The zero-order valence-corrected chi connectivity index (χ0v) is 14.9. The quantitative estimate of drug-likeness (QED) is 0.572. The van der Waals surface area contributed by atoms with E-state index in [4.69, 9.17) is 4.74 Å². The first kappa shape index (κ1) is 20.2. The Kier molecular flexibility index (Phi) is 10.5. The second-order valence-electron chi connectivity index (χ2n) is 5.89. The molecule has 0 saturated heterocycles. The van der Waals surface area contributed by atoms with Crippen molar-refractivity contribution in [2.75, 3.05) is 25.6 Å². The summed E-state index contributed by atoms with van der Waals surface area (Å²) >= 11 is 0. The Labute approximate surface area is 145 Å². The van der Waals surface area contributed by atoms with Crippen molar-refractivity contribution >= 4 is 17.5 Å². The van der Waals surface area contributed by atoms with Crippen LogP contribution in [-0.4, -0.2) is 32.1 Å². The van der Waals surface area contributed by atoms with Crippen molar-refractivity contribution in [3.63, 3.8) is 0 Å². The van der Waals surface area contributed by atoms with Crippen LogP contribution < -0.4 is 10.6 Å². The molecule has 0 saturated carbocycles. The number of unbranched alkanes of at least 4 members (excludes halogenated alkanes) is 4. The Morgan fingerprint density at radius 1 is 1.00 bits per heavy atom. The number of methoxy groups -OCH3 is 1. The van der Waals surface area contributed by atoms with E-state index in [2.05, 4.69) is 17.6 Å². The van der Waals surface area contributed by atoms with Gasteiger partial charge in [-0.05, 0) is 37.1 Å². The molecule has 0 fully saturated rings. The van der Waals surface area contributed by atoms with E-state index in [-0.39, 0.29) is 11.8 Å². The molecule has 2 N–H and O–H groups in total. The summed E-state index contributed by atoms with van der Waals surface area (Å²) in [7, 11) is 1.64. The van der Waals surface area contributed by atoms with Gasteiger partial charge in [0.2, 0.25) is 5.91 Å². The van der Waals surface area contributed by atoms with Gasteiger partial charge < -0.3 is 15.4 Å². The van der Waals surface area contributed by atoms with Gasteiger partial charge in [-0.15, -0.1) is 0 Å². The Morgan fingerprint density at radius 2 is 1.71 bits per heavy atom. The summed E-state index contributed by atoms with van der Waals surface area (Å²) in [5, 5.41) is 5.70. The van der Waals surface area contributed by atoms with E-state index < -0.39 is 0 Å². The second-order valence-corrected chi connectivity index (χ2v) is 5.89. The van der Waals surface area contributed by atoms with Crippen molar-refractivity contribution in [1.29, 1.82) is 0 Å². The lowest BCUT2D eigenvalue weighted by Gasteiger charge is -2.07. The van der Waals surface area contributed by atoms with Gasteiger partial charge in [0.25, 0.3) is 5.91 Å². The first-order valence-corrected chi connectivity index (χ1v) is 8.84. The Morgan fingerprint density at radius 3 is 2.38 bits per heavy atom. The van der Waals surface area contributed by atoms with Crippen LogP contribution in [0.15, 0.2) is 24.3 Å². The van der Waals surface area contributed by atoms with Crippen molar-refractivity contribution in [3.8, 4) is 0 Å². The van der Waals surface area contributed by atoms with Gasteiger partial charge in [-0.2, -0.15) is 0 Å². The predicted molar refractivity (Wildman–Crippen MR) is 97.3 cm³/mol. The summed E-state index contributed by atoms with van der Waals surface area (Å²) in [6, 6.07) is 6.98. The van der Waals surface area contributed by atoms with E-state index >= 15 is 0 Å². The molecule has 1 aromatic carbocycles. The van der Waals surface area contributed by atoms with E-state index in [1.54, 1.807) is 31.4 Å². The predicted octanol–water partition coefficient (Wildman–Crippen LogP) is 3.75. The van der Waals surface area contributed by atoms with E-state index in [0.29, 0.717) is 25.1 Å². The van der Waals surface area contributed by atoms with Gasteiger partial charge in [0.15, 0.2) is 0 Å². The lowest BCUT2D eigenvalue weighted by atomic mass is 10.1. The number of rotatable bonds is 12. The third-order valence-electron chi connectivity index (χ3n) is 3.75. The minimum Gasteiger partial charge on any atom is -0.385 e. The lowest BCUT2D eigenvalue weighted by Crippen LogP contribution is -2.25. The van der Waals surface area contributed by atoms with Gasteiger partial charge >= 0.3 is 0 Å². The van der Waals surface area contributed by atoms with Crippen LogP contribution in [0.25, 0.3) is 0 Å². The van der Waals surface area contributed by atoms with Gasteiger partial charge in [0.1, 0.15) is 0 Å². The van der Waals surface area contributed by atoms with Gasteiger partial charge in [-0.25, -0.2) is 0 Å². The number of ether oxygens (including phenoxy) is 1. The normalized spacial score (nSPS) is 10.4. The molecule has 0 bridgehead atoms. The number of carbonyl (C=O) groups is 2. The van der Waals surface area contributed by atoms with Crippen molar-refractivity contribution in [2.45, 2.75) is 51.9 Å². The molecule has 0 radical (unpaired) electrons. The molecule has 0 aliphatic carbocycles. The Hall–Kier alpha value is -1.88. The standard InChI is InChI=1S/C19H30N2O3/c1-3-4-5-6-7-9-18(22)21-17-12-10-16(11-13-17)19(23)20-14-8-15-24-2/h10-13H,3-9,14-15H2,1-2H3,(H,20,23)(H,21,22). The molecule has 5 heteroatoms. The summed E-state index contributed by atoms with van der Waals surface area (Å²) in [5.74, 6) is -0.0804. The molecule has 0 spiro atoms. The summed E-state index contributed by atoms with van der Waals surface area (Å²) in [4.78, 5) is 23.8. The summed E-state index contributed by atoms with van der Waals surface area (Å²) < 4.78 is 4.94. The molecule has 0 aromatic heterocycles. The number of carbonyl (C=O) groups excluding carboxylic acids is 2. The zero-order chi connectivity index (χ0) is 17.6. The number of anilines is 1. The van der Waals surface area contributed by atoms with Gasteiger partial charge in [0.05, 0.1) is 0 Å². The Bertz CT molecular complexity index is 486. The molecule has 0 aliphatic heterocycles. The molecule has 5 nitrogen and oxygen atoms in total. The van der Waals surface area contributed by atoms with Crippen LogP contribution in [0.4, 0.5) is 5.69 Å². The van der Waals surface area contributed by atoms with Gasteiger partial charge in [-0.3, -0.25) is 9.59 Å². The average molecular weight is 334 g/mol. The van der Waals surface area contributed by atoms with Gasteiger partial charge in [-0.1, -0.05) is 32.6 Å². The van der Waals surface area contributed by atoms with Crippen LogP contribution in [0, 0.1) is 0 Å². The van der Waals surface area contributed by atoms with Crippen molar-refractivity contribution in [1.82, 2.24) is 5.32 Å². The summed E-state index contributed by atoms with van der Waals surface area (Å²) in [6.45, 7) is 3.39. The fourth-order valence-corrected chi connectivity index (χ4v) is 2.34. The highest BCUT2D eigenvalue weighted by Crippen LogP contribution is 2.11. The lowest BCUT2D eigenvalue weighted by molar-refractivity contribution is -0.116. The molecule has 0 atom stereocenters. The maximum Gasteiger partial charge on any atom is 0.251 e.